The Morgan fingerprint density at radius 3 is 2.81 bits per heavy atom. The molecule has 140 valence electrons. The summed E-state index contributed by atoms with van der Waals surface area (Å²) in [7, 11) is 0. The molecule has 0 fully saturated rings. The smallest absolute Gasteiger partial charge is 0.334 e. The van der Waals surface area contributed by atoms with Crippen molar-refractivity contribution in [1.82, 2.24) is 24.1 Å². The van der Waals surface area contributed by atoms with Crippen LogP contribution in [0.25, 0.3) is 0 Å². The molecule has 2 aromatic rings. The molecule has 26 heavy (non-hydrogen) atoms. The zero-order valence-corrected chi connectivity index (χ0v) is 13.9. The van der Waals surface area contributed by atoms with E-state index in [-0.39, 0.29) is 30.8 Å². The van der Waals surface area contributed by atoms with E-state index in [0.717, 1.165) is 9.13 Å². The third-order valence-electron chi connectivity index (χ3n) is 3.98. The zero-order valence-electron chi connectivity index (χ0n) is 13.9. The molecule has 3 heterocycles. The Kier molecular flexibility index (Phi) is 4.98. The fourth-order valence-electron chi connectivity index (χ4n) is 2.69. The molecule has 1 atom stereocenters. The third kappa shape index (κ3) is 3.29. The second-order valence-corrected chi connectivity index (χ2v) is 5.82. The van der Waals surface area contributed by atoms with E-state index in [0.29, 0.717) is 5.69 Å². The molecule has 0 radical (unpaired) electrons. The third-order valence-corrected chi connectivity index (χ3v) is 3.98. The van der Waals surface area contributed by atoms with E-state index in [4.69, 9.17) is 9.84 Å². The number of ether oxygens (including phenoxy) is 1. The maximum atomic E-state index is 13.7. The largest absolute Gasteiger partial charge is 0.469 e. The van der Waals surface area contributed by atoms with Crippen molar-refractivity contribution < 1.29 is 18.6 Å². The van der Waals surface area contributed by atoms with Crippen LogP contribution in [0.1, 0.15) is 23.9 Å². The Labute approximate surface area is 145 Å². The number of aromatic nitrogens is 5. The second kappa shape index (κ2) is 7.20. The molecule has 0 saturated heterocycles. The lowest BCUT2D eigenvalue weighted by Crippen LogP contribution is -2.42. The van der Waals surface area contributed by atoms with E-state index < -0.39 is 36.6 Å². The summed E-state index contributed by atoms with van der Waals surface area (Å²) in [6.07, 6.45) is 1.52. The molecule has 0 saturated carbocycles. The maximum absolute atomic E-state index is 13.7. The number of aryl methyl sites for hydroxylation is 2. The predicted molar refractivity (Wildman–Crippen MR) is 84.8 cm³/mol. The lowest BCUT2D eigenvalue weighted by atomic mass is 10.3. The number of hydrogen-bond acceptors (Lipinski definition) is 6. The normalized spacial score (nSPS) is 17.0. The van der Waals surface area contributed by atoms with Crippen molar-refractivity contribution in [3.05, 3.63) is 56.1 Å². The van der Waals surface area contributed by atoms with Crippen molar-refractivity contribution >= 4 is 0 Å². The highest BCUT2D eigenvalue weighted by atomic mass is 19.1. The molecular weight excluding hydrogens is 352 g/mol. The highest BCUT2D eigenvalue weighted by Gasteiger charge is 2.29. The number of halogens is 2. The van der Waals surface area contributed by atoms with Crippen LogP contribution < -0.4 is 11.2 Å². The molecule has 11 heteroatoms. The minimum absolute atomic E-state index is 0.0186. The Balaban J connectivity index is 1.95. The molecule has 1 N–H and O–H groups in total. The molecule has 2 aromatic heterocycles. The van der Waals surface area contributed by atoms with Crippen molar-refractivity contribution in [3.63, 3.8) is 0 Å². The molecule has 0 spiro atoms. The standard InChI is InChI=1S/C15H17F2N5O4/c1-9-5-21(13-4-11(17)12(8-23)26-13)15(25)22(14(9)24)7-10-6-20(3-2-16)19-18-10/h5-6,13,23H,2-4,7-8H2,1H3/t13-/m1/s1. The molecule has 9 nitrogen and oxygen atoms in total. The predicted octanol–water partition coefficient (Wildman–Crippen LogP) is 0.0200. The number of rotatable bonds is 6. The Hall–Kier alpha value is -2.82. The highest BCUT2D eigenvalue weighted by molar-refractivity contribution is 5.10. The summed E-state index contributed by atoms with van der Waals surface area (Å²) in [6.45, 7) is 0.129. The molecule has 1 aliphatic heterocycles. The number of alkyl halides is 1. The summed E-state index contributed by atoms with van der Waals surface area (Å²) in [5.41, 5.74) is -0.678. The SMILES string of the molecule is Cc1cn([C@H]2CC(F)=C(CO)O2)c(=O)n(Cc2cn(CCF)nn2)c1=O. The summed E-state index contributed by atoms with van der Waals surface area (Å²) in [5, 5.41) is 16.6. The molecule has 0 unspecified atom stereocenters. The molecule has 0 aromatic carbocycles. The average molecular weight is 369 g/mol. The first kappa shape index (κ1) is 18.0. The first-order valence-corrected chi connectivity index (χ1v) is 7.87. The van der Waals surface area contributed by atoms with Crippen LogP contribution in [0.4, 0.5) is 8.78 Å². The monoisotopic (exact) mass is 369 g/mol. The van der Waals surface area contributed by atoms with Gasteiger partial charge < -0.3 is 9.84 Å². The summed E-state index contributed by atoms with van der Waals surface area (Å²) < 4.78 is 34.6. The van der Waals surface area contributed by atoms with Crippen molar-refractivity contribution in [2.24, 2.45) is 0 Å². The highest BCUT2D eigenvalue weighted by Crippen LogP contribution is 2.31. The summed E-state index contributed by atoms with van der Waals surface area (Å²) in [5.74, 6) is -0.875. The molecular formula is C15H17F2N5O4. The van der Waals surface area contributed by atoms with Crippen LogP contribution in [0.15, 0.2) is 33.6 Å². The van der Waals surface area contributed by atoms with E-state index in [1.165, 1.54) is 24.0 Å². The van der Waals surface area contributed by atoms with Crippen LogP contribution in [-0.4, -0.2) is 42.5 Å². The number of aliphatic hydroxyl groups is 1. The van der Waals surface area contributed by atoms with E-state index in [1.54, 1.807) is 0 Å². The zero-order chi connectivity index (χ0) is 18.8. The average Bonchev–Trinajstić information content (AvgIpc) is 3.21. The van der Waals surface area contributed by atoms with Gasteiger partial charge in [0.2, 0.25) is 0 Å². The minimum Gasteiger partial charge on any atom is -0.469 e. The summed E-state index contributed by atoms with van der Waals surface area (Å²) >= 11 is 0. The molecule has 0 bridgehead atoms. The van der Waals surface area contributed by atoms with Crippen LogP contribution in [-0.2, 0) is 17.8 Å². The van der Waals surface area contributed by atoms with Gasteiger partial charge in [-0.25, -0.2) is 18.3 Å². The second-order valence-electron chi connectivity index (χ2n) is 5.82. The Morgan fingerprint density at radius 2 is 2.15 bits per heavy atom. The van der Waals surface area contributed by atoms with Crippen molar-refractivity contribution in [3.8, 4) is 0 Å². The van der Waals surface area contributed by atoms with E-state index in [2.05, 4.69) is 10.3 Å². The van der Waals surface area contributed by atoms with Gasteiger partial charge in [0.15, 0.2) is 12.0 Å². The van der Waals surface area contributed by atoms with Crippen LogP contribution in [0.2, 0.25) is 0 Å². The van der Waals surface area contributed by atoms with Gasteiger partial charge in [-0.15, -0.1) is 5.10 Å². The van der Waals surface area contributed by atoms with E-state index in [1.807, 2.05) is 0 Å². The quantitative estimate of drug-likeness (QED) is 0.770. The lowest BCUT2D eigenvalue weighted by Gasteiger charge is -2.17. The van der Waals surface area contributed by atoms with Gasteiger partial charge in [-0.3, -0.25) is 13.9 Å². The van der Waals surface area contributed by atoms with Crippen LogP contribution in [0, 0.1) is 6.92 Å². The number of aliphatic hydroxyl groups excluding tert-OH is 1. The fourth-order valence-corrected chi connectivity index (χ4v) is 2.69. The van der Waals surface area contributed by atoms with Gasteiger partial charge in [0.1, 0.15) is 24.8 Å². The van der Waals surface area contributed by atoms with Gasteiger partial charge in [-0.05, 0) is 6.92 Å². The first-order chi connectivity index (χ1) is 12.4. The van der Waals surface area contributed by atoms with Gasteiger partial charge in [0, 0.05) is 11.8 Å². The Bertz CT molecular complexity index is 962. The van der Waals surface area contributed by atoms with E-state index >= 15 is 0 Å². The van der Waals surface area contributed by atoms with Gasteiger partial charge in [-0.2, -0.15) is 0 Å². The molecule has 3 rings (SSSR count). The topological polar surface area (TPSA) is 104 Å². The minimum atomic E-state index is -0.988. The Morgan fingerprint density at radius 1 is 1.38 bits per heavy atom. The van der Waals surface area contributed by atoms with Crippen molar-refractivity contribution in [1.29, 1.82) is 0 Å². The van der Waals surface area contributed by atoms with Crippen LogP contribution in [0.5, 0.6) is 0 Å². The summed E-state index contributed by atoms with van der Waals surface area (Å²) in [6, 6.07) is 0. The molecule has 0 aliphatic carbocycles. The van der Waals surface area contributed by atoms with E-state index in [9.17, 15) is 18.4 Å². The van der Waals surface area contributed by atoms with Crippen LogP contribution >= 0.6 is 0 Å². The number of hydrogen-bond donors (Lipinski definition) is 1. The molecule has 1 aliphatic rings. The molecule has 0 amide bonds. The van der Waals surface area contributed by atoms with Gasteiger partial charge in [0.05, 0.1) is 25.7 Å². The lowest BCUT2D eigenvalue weighted by molar-refractivity contribution is 0.0578. The van der Waals surface area contributed by atoms with Crippen molar-refractivity contribution in [2.45, 2.75) is 32.7 Å². The summed E-state index contributed by atoms with van der Waals surface area (Å²) in [4.78, 5) is 25.0. The van der Waals surface area contributed by atoms with Gasteiger partial charge >= 0.3 is 5.69 Å². The van der Waals surface area contributed by atoms with Crippen molar-refractivity contribution in [2.75, 3.05) is 13.3 Å². The number of nitrogens with zero attached hydrogens (tertiary/aromatic N) is 5. The first-order valence-electron chi connectivity index (χ1n) is 7.87. The van der Waals surface area contributed by atoms with Gasteiger partial charge in [-0.1, -0.05) is 5.21 Å². The fraction of sp³-hybridized carbons (Fsp3) is 0.467. The van der Waals surface area contributed by atoms with Crippen LogP contribution in [0.3, 0.4) is 0 Å². The maximum Gasteiger partial charge on any atom is 0.334 e. The van der Waals surface area contributed by atoms with Gasteiger partial charge in [0.25, 0.3) is 5.56 Å².